The molecule has 0 atom stereocenters. The molecular formula is C26H28N6O2S. The lowest BCUT2D eigenvalue weighted by Crippen LogP contribution is -2.36. The summed E-state index contributed by atoms with van der Waals surface area (Å²) in [6.07, 6.45) is 7.55. The lowest BCUT2D eigenvalue weighted by Gasteiger charge is -2.29. The second-order valence-electron chi connectivity index (χ2n) is 8.92. The molecule has 0 aliphatic carbocycles. The zero-order valence-electron chi connectivity index (χ0n) is 19.5. The quantitative estimate of drug-likeness (QED) is 0.421. The van der Waals surface area contributed by atoms with Gasteiger partial charge in [-0.25, -0.2) is 15.0 Å². The van der Waals surface area contributed by atoms with Gasteiger partial charge in [0, 0.05) is 63.1 Å². The number of aromatic nitrogens is 4. The maximum absolute atomic E-state index is 5.60. The van der Waals surface area contributed by atoms with E-state index in [-0.39, 0.29) is 0 Å². The zero-order valence-corrected chi connectivity index (χ0v) is 20.3. The van der Waals surface area contributed by atoms with Crippen LogP contribution in [0.25, 0.3) is 20.8 Å². The van der Waals surface area contributed by atoms with Gasteiger partial charge < -0.3 is 14.8 Å². The van der Waals surface area contributed by atoms with Crippen LogP contribution in [0.3, 0.4) is 0 Å². The van der Waals surface area contributed by atoms with E-state index in [1.807, 2.05) is 24.4 Å². The SMILES string of the molecule is c1cc(-c2nc3cc(Nc4ccc(C5CCOCC5)c(CN5CCOCC5)n4)ncc3s2)ccn1. The molecule has 6 rings (SSSR count). The van der Waals surface area contributed by atoms with Gasteiger partial charge in [0.05, 0.1) is 29.1 Å². The summed E-state index contributed by atoms with van der Waals surface area (Å²) in [5.41, 5.74) is 4.47. The second-order valence-corrected chi connectivity index (χ2v) is 9.96. The van der Waals surface area contributed by atoms with Gasteiger partial charge >= 0.3 is 0 Å². The predicted octanol–water partition coefficient (Wildman–Crippen LogP) is 4.62. The Morgan fingerprint density at radius 2 is 1.74 bits per heavy atom. The van der Waals surface area contributed by atoms with Crippen molar-refractivity contribution < 1.29 is 9.47 Å². The van der Waals surface area contributed by atoms with E-state index in [1.54, 1.807) is 23.7 Å². The minimum atomic E-state index is 0.498. The molecule has 180 valence electrons. The Hall–Kier alpha value is -2.98. The van der Waals surface area contributed by atoms with E-state index < -0.39 is 0 Å². The summed E-state index contributed by atoms with van der Waals surface area (Å²) in [5.74, 6) is 2.05. The summed E-state index contributed by atoms with van der Waals surface area (Å²) in [6, 6.07) is 10.3. The van der Waals surface area contributed by atoms with E-state index in [0.29, 0.717) is 5.92 Å². The fourth-order valence-corrected chi connectivity index (χ4v) is 5.63. The van der Waals surface area contributed by atoms with Crippen LogP contribution in [-0.4, -0.2) is 64.4 Å². The van der Waals surface area contributed by atoms with Crippen LogP contribution >= 0.6 is 11.3 Å². The molecule has 9 heteroatoms. The first kappa shape index (κ1) is 22.5. The van der Waals surface area contributed by atoms with Gasteiger partial charge in [0.25, 0.3) is 0 Å². The van der Waals surface area contributed by atoms with E-state index in [2.05, 4.69) is 32.3 Å². The van der Waals surface area contributed by atoms with Crippen LogP contribution in [0, 0.1) is 0 Å². The largest absolute Gasteiger partial charge is 0.381 e. The number of thiazole rings is 1. The van der Waals surface area contributed by atoms with Crippen LogP contribution in [0.2, 0.25) is 0 Å². The number of nitrogens with one attached hydrogen (secondary N) is 1. The normalized spacial score (nSPS) is 17.6. The van der Waals surface area contributed by atoms with Gasteiger partial charge in [-0.1, -0.05) is 6.07 Å². The van der Waals surface area contributed by atoms with Crippen molar-refractivity contribution in [2.24, 2.45) is 0 Å². The summed E-state index contributed by atoms with van der Waals surface area (Å²) in [7, 11) is 0. The number of rotatable bonds is 6. The Labute approximate surface area is 208 Å². The summed E-state index contributed by atoms with van der Waals surface area (Å²) >= 11 is 1.63. The molecule has 4 aromatic rings. The van der Waals surface area contributed by atoms with Crippen molar-refractivity contribution in [1.29, 1.82) is 0 Å². The number of nitrogens with zero attached hydrogens (tertiary/aromatic N) is 5. The highest BCUT2D eigenvalue weighted by molar-refractivity contribution is 7.21. The van der Waals surface area contributed by atoms with Crippen molar-refractivity contribution in [3.8, 4) is 10.6 Å². The number of anilines is 2. The second kappa shape index (κ2) is 10.3. The van der Waals surface area contributed by atoms with E-state index in [4.69, 9.17) is 19.4 Å². The van der Waals surface area contributed by atoms with Crippen molar-refractivity contribution in [3.63, 3.8) is 0 Å². The van der Waals surface area contributed by atoms with Crippen LogP contribution in [0.1, 0.15) is 30.0 Å². The van der Waals surface area contributed by atoms with Crippen LogP contribution in [0.15, 0.2) is 48.9 Å². The molecule has 0 amide bonds. The summed E-state index contributed by atoms with van der Waals surface area (Å²) in [5, 5.41) is 4.38. The number of hydrogen-bond acceptors (Lipinski definition) is 9. The first-order valence-electron chi connectivity index (χ1n) is 12.1. The van der Waals surface area contributed by atoms with Gasteiger partial charge in [-0.15, -0.1) is 11.3 Å². The minimum absolute atomic E-state index is 0.498. The molecule has 2 fully saturated rings. The maximum atomic E-state index is 5.60. The molecule has 0 spiro atoms. The molecule has 6 heterocycles. The van der Waals surface area contributed by atoms with Crippen LogP contribution in [-0.2, 0) is 16.0 Å². The Balaban J connectivity index is 1.26. The maximum Gasteiger partial charge on any atom is 0.133 e. The highest BCUT2D eigenvalue weighted by Gasteiger charge is 2.22. The lowest BCUT2D eigenvalue weighted by molar-refractivity contribution is 0.0333. The molecular weight excluding hydrogens is 460 g/mol. The van der Waals surface area contributed by atoms with E-state index in [1.165, 1.54) is 5.56 Å². The first-order valence-corrected chi connectivity index (χ1v) is 13.0. The van der Waals surface area contributed by atoms with E-state index in [9.17, 15) is 0 Å². The van der Waals surface area contributed by atoms with Crippen LogP contribution < -0.4 is 5.32 Å². The smallest absolute Gasteiger partial charge is 0.133 e. The van der Waals surface area contributed by atoms with Crippen molar-refractivity contribution in [3.05, 3.63) is 60.2 Å². The molecule has 1 N–H and O–H groups in total. The van der Waals surface area contributed by atoms with Crippen molar-refractivity contribution >= 4 is 33.2 Å². The monoisotopic (exact) mass is 488 g/mol. The summed E-state index contributed by atoms with van der Waals surface area (Å²) < 4.78 is 12.2. The van der Waals surface area contributed by atoms with E-state index in [0.717, 1.165) is 97.0 Å². The van der Waals surface area contributed by atoms with Gasteiger partial charge in [-0.05, 0) is 42.5 Å². The molecule has 0 radical (unpaired) electrons. The van der Waals surface area contributed by atoms with Crippen LogP contribution in [0.5, 0.6) is 0 Å². The standard InChI is InChI=1S/C26H28N6O2S/c1-2-24(29-22(17-32-9-13-34-14-10-32)20(1)18-5-11-33-12-6-18)31-25-15-21-23(16-28-25)35-26(30-21)19-3-7-27-8-4-19/h1-4,7-8,15-16,18H,5-6,9-14,17H2,(H,28,29,31). The van der Waals surface area contributed by atoms with E-state index >= 15 is 0 Å². The number of pyridine rings is 3. The van der Waals surface area contributed by atoms with Gasteiger partial charge in [0.2, 0.25) is 0 Å². The Morgan fingerprint density at radius 1 is 0.943 bits per heavy atom. The fourth-order valence-electron chi connectivity index (χ4n) is 4.71. The van der Waals surface area contributed by atoms with Gasteiger partial charge in [0.1, 0.15) is 16.6 Å². The fraction of sp³-hybridized carbons (Fsp3) is 0.385. The third kappa shape index (κ3) is 5.18. The molecule has 2 aliphatic rings. The average molecular weight is 489 g/mol. The Bertz CT molecular complexity index is 1290. The highest BCUT2D eigenvalue weighted by atomic mass is 32.1. The Kier molecular flexibility index (Phi) is 6.64. The first-order chi connectivity index (χ1) is 17.3. The van der Waals surface area contributed by atoms with Crippen molar-refractivity contribution in [2.75, 3.05) is 44.8 Å². The van der Waals surface area contributed by atoms with Gasteiger partial charge in [0.15, 0.2) is 0 Å². The Morgan fingerprint density at radius 3 is 2.57 bits per heavy atom. The number of hydrogen-bond donors (Lipinski definition) is 1. The third-order valence-electron chi connectivity index (χ3n) is 6.61. The number of morpholine rings is 1. The summed E-state index contributed by atoms with van der Waals surface area (Å²) in [6.45, 7) is 5.91. The lowest BCUT2D eigenvalue weighted by atomic mass is 9.90. The number of fused-ring (bicyclic) bond motifs is 1. The molecule has 35 heavy (non-hydrogen) atoms. The molecule has 0 unspecified atom stereocenters. The topological polar surface area (TPSA) is 85.3 Å². The third-order valence-corrected chi connectivity index (χ3v) is 7.66. The van der Waals surface area contributed by atoms with Crippen molar-refractivity contribution in [2.45, 2.75) is 25.3 Å². The molecule has 4 aromatic heterocycles. The average Bonchev–Trinajstić information content (AvgIpc) is 3.34. The molecule has 0 bridgehead atoms. The molecule has 2 aliphatic heterocycles. The molecule has 0 saturated carbocycles. The molecule has 8 nitrogen and oxygen atoms in total. The van der Waals surface area contributed by atoms with Crippen LogP contribution in [0.4, 0.5) is 11.6 Å². The predicted molar refractivity (Wildman–Crippen MR) is 137 cm³/mol. The number of ether oxygens (including phenoxy) is 2. The minimum Gasteiger partial charge on any atom is -0.381 e. The highest BCUT2D eigenvalue weighted by Crippen LogP contribution is 2.33. The van der Waals surface area contributed by atoms with Gasteiger partial charge in [-0.3, -0.25) is 9.88 Å². The van der Waals surface area contributed by atoms with Crippen molar-refractivity contribution in [1.82, 2.24) is 24.8 Å². The zero-order chi connectivity index (χ0) is 23.5. The molecule has 2 saturated heterocycles. The summed E-state index contributed by atoms with van der Waals surface area (Å²) in [4.78, 5) is 21.0. The van der Waals surface area contributed by atoms with Gasteiger partial charge in [-0.2, -0.15) is 0 Å². The molecule has 0 aromatic carbocycles.